The molecule has 1 aromatic carbocycles. The first-order valence-corrected chi connectivity index (χ1v) is 7.53. The maximum absolute atomic E-state index is 11.6. The fourth-order valence-corrected chi connectivity index (χ4v) is 3.06. The number of thiazole rings is 1. The van der Waals surface area contributed by atoms with Crippen molar-refractivity contribution < 1.29 is 14.1 Å². The first-order chi connectivity index (χ1) is 9.37. The number of aromatic nitrogens is 1. The summed E-state index contributed by atoms with van der Waals surface area (Å²) in [6, 6.07) is 8.30. The van der Waals surface area contributed by atoms with Crippen molar-refractivity contribution in [3.63, 3.8) is 0 Å². The number of ether oxygens (including phenoxy) is 1. The van der Waals surface area contributed by atoms with Gasteiger partial charge in [0.15, 0.2) is 6.54 Å². The molecule has 0 fully saturated rings. The van der Waals surface area contributed by atoms with E-state index in [9.17, 15) is 4.79 Å². The van der Waals surface area contributed by atoms with Crippen LogP contribution in [0.5, 0.6) is 0 Å². The average Bonchev–Trinajstić information content (AvgIpc) is 2.64. The summed E-state index contributed by atoms with van der Waals surface area (Å²) in [7, 11) is 0. The largest absolute Gasteiger partial charge is 0.444 e. The number of hydrogen-bond donors (Lipinski definition) is 1. The Bertz CT molecular complexity index is 614. The third-order valence-corrected chi connectivity index (χ3v) is 3.88. The molecule has 0 unspecified atom stereocenters. The monoisotopic (exact) mass is 293 g/mol. The number of nitrogens with zero attached hydrogens (tertiary/aromatic N) is 1. The van der Waals surface area contributed by atoms with Crippen LogP contribution in [-0.2, 0) is 11.3 Å². The Hall–Kier alpha value is -1.62. The summed E-state index contributed by atoms with van der Waals surface area (Å²) < 4.78 is 8.70. The molecule has 1 aromatic heterocycles. The van der Waals surface area contributed by atoms with Gasteiger partial charge in [0.25, 0.3) is 0 Å². The van der Waals surface area contributed by atoms with E-state index in [2.05, 4.69) is 28.9 Å². The van der Waals surface area contributed by atoms with E-state index in [1.54, 1.807) is 11.3 Å². The number of rotatable bonds is 3. The van der Waals surface area contributed by atoms with Crippen molar-refractivity contribution in [1.82, 2.24) is 5.32 Å². The molecule has 2 aromatic rings. The average molecular weight is 293 g/mol. The molecule has 4 nitrogen and oxygen atoms in total. The van der Waals surface area contributed by atoms with Gasteiger partial charge in [0.2, 0.25) is 10.5 Å². The van der Waals surface area contributed by atoms with Gasteiger partial charge in [-0.3, -0.25) is 0 Å². The Morgan fingerprint density at radius 1 is 1.35 bits per heavy atom. The molecular weight excluding hydrogens is 272 g/mol. The predicted molar refractivity (Wildman–Crippen MR) is 81.0 cm³/mol. The Morgan fingerprint density at radius 2 is 2.05 bits per heavy atom. The fraction of sp³-hybridized carbons (Fsp3) is 0.467. The second-order valence-electron chi connectivity index (χ2n) is 5.67. The van der Waals surface area contributed by atoms with E-state index in [1.807, 2.05) is 32.9 Å². The molecule has 0 radical (unpaired) electrons. The molecular formula is C15H21N2O2S+. The van der Waals surface area contributed by atoms with Crippen LogP contribution < -0.4 is 9.88 Å². The highest BCUT2D eigenvalue weighted by atomic mass is 32.1. The molecule has 20 heavy (non-hydrogen) atoms. The number of carbonyl (C=O) groups excluding carboxylic acids is 1. The minimum Gasteiger partial charge on any atom is -0.444 e. The van der Waals surface area contributed by atoms with Gasteiger partial charge in [-0.25, -0.2) is 4.79 Å². The summed E-state index contributed by atoms with van der Waals surface area (Å²) in [5.41, 5.74) is 0.753. The minimum atomic E-state index is -0.456. The minimum absolute atomic E-state index is 0.365. The molecule has 2 rings (SSSR count). The molecule has 0 saturated carbocycles. The summed E-state index contributed by atoms with van der Waals surface area (Å²) >= 11 is 1.77. The van der Waals surface area contributed by atoms with Gasteiger partial charge >= 0.3 is 6.09 Å². The third-order valence-electron chi connectivity index (χ3n) is 2.80. The number of nitrogens with one attached hydrogen (secondary N) is 1. The van der Waals surface area contributed by atoms with Crippen LogP contribution in [0.3, 0.4) is 0 Å². The number of fused-ring (bicyclic) bond motifs is 1. The Balaban J connectivity index is 1.96. The molecule has 0 saturated heterocycles. The Morgan fingerprint density at radius 3 is 2.75 bits per heavy atom. The zero-order valence-corrected chi connectivity index (χ0v) is 13.2. The molecule has 0 bridgehead atoms. The normalized spacial score (nSPS) is 11.6. The summed E-state index contributed by atoms with van der Waals surface area (Å²) in [5, 5.41) is 4.03. The van der Waals surface area contributed by atoms with Gasteiger partial charge in [0, 0.05) is 13.0 Å². The van der Waals surface area contributed by atoms with Gasteiger partial charge in [0.05, 0.1) is 6.54 Å². The number of amides is 1. The lowest BCUT2D eigenvalue weighted by Gasteiger charge is -2.19. The van der Waals surface area contributed by atoms with Gasteiger partial charge in [-0.2, -0.15) is 4.57 Å². The van der Waals surface area contributed by atoms with Crippen molar-refractivity contribution in [2.75, 3.05) is 6.54 Å². The molecule has 0 atom stereocenters. The summed E-state index contributed by atoms with van der Waals surface area (Å²) in [6.45, 7) is 8.97. The number of para-hydroxylation sites is 1. The van der Waals surface area contributed by atoms with Crippen molar-refractivity contribution in [3.05, 3.63) is 29.3 Å². The highest BCUT2D eigenvalue weighted by molar-refractivity contribution is 7.18. The zero-order chi connectivity index (χ0) is 14.8. The van der Waals surface area contributed by atoms with E-state index < -0.39 is 5.60 Å². The molecule has 1 N–H and O–H groups in total. The van der Waals surface area contributed by atoms with Crippen LogP contribution >= 0.6 is 11.3 Å². The number of alkyl carbamates (subject to hydrolysis) is 1. The maximum atomic E-state index is 11.6. The number of aryl methyl sites for hydroxylation is 1. The zero-order valence-electron chi connectivity index (χ0n) is 12.4. The number of hydrogen-bond acceptors (Lipinski definition) is 3. The van der Waals surface area contributed by atoms with Gasteiger partial charge < -0.3 is 10.1 Å². The lowest BCUT2D eigenvalue weighted by molar-refractivity contribution is -0.670. The Labute approximate surface area is 123 Å². The molecule has 0 aliphatic rings. The second-order valence-corrected chi connectivity index (χ2v) is 6.90. The van der Waals surface area contributed by atoms with Crippen molar-refractivity contribution in [2.45, 2.75) is 39.8 Å². The van der Waals surface area contributed by atoms with E-state index in [0.29, 0.717) is 6.54 Å². The first kappa shape index (κ1) is 14.8. The standard InChI is InChI=1S/C15H20N2O2S/c1-11-17(12-7-5-6-8-13(12)20-11)10-9-16-14(18)19-15(2,3)4/h5-8H,9-10H2,1-4H3/p+1. The van der Waals surface area contributed by atoms with Crippen LogP contribution in [0, 0.1) is 6.92 Å². The molecule has 1 heterocycles. The molecule has 108 valence electrons. The van der Waals surface area contributed by atoms with Crippen LogP contribution in [0.15, 0.2) is 24.3 Å². The van der Waals surface area contributed by atoms with Crippen LogP contribution in [0.25, 0.3) is 10.2 Å². The SMILES string of the molecule is Cc1sc2ccccc2[n+]1CCNC(=O)OC(C)(C)C. The summed E-state index contributed by atoms with van der Waals surface area (Å²) in [6.07, 6.45) is -0.365. The molecule has 5 heteroatoms. The van der Waals surface area contributed by atoms with Crippen molar-refractivity contribution >= 4 is 27.6 Å². The predicted octanol–water partition coefficient (Wildman–Crippen LogP) is 3.02. The maximum Gasteiger partial charge on any atom is 0.407 e. The van der Waals surface area contributed by atoms with Crippen LogP contribution in [0.1, 0.15) is 25.8 Å². The molecule has 1 amide bonds. The molecule has 0 aliphatic carbocycles. The summed E-state index contributed by atoms with van der Waals surface area (Å²) in [4.78, 5) is 11.6. The van der Waals surface area contributed by atoms with Crippen LogP contribution in [0.4, 0.5) is 4.79 Å². The highest BCUT2D eigenvalue weighted by Crippen LogP contribution is 2.18. The van der Waals surface area contributed by atoms with E-state index in [1.165, 1.54) is 15.2 Å². The number of carbonyl (C=O) groups is 1. The van der Waals surface area contributed by atoms with Crippen molar-refractivity contribution in [3.8, 4) is 0 Å². The van der Waals surface area contributed by atoms with Gasteiger partial charge in [-0.05, 0) is 26.8 Å². The lowest BCUT2D eigenvalue weighted by Crippen LogP contribution is -2.42. The van der Waals surface area contributed by atoms with Gasteiger partial charge in [0.1, 0.15) is 10.3 Å². The van der Waals surface area contributed by atoms with E-state index in [0.717, 1.165) is 6.54 Å². The van der Waals surface area contributed by atoms with E-state index in [4.69, 9.17) is 4.74 Å². The fourth-order valence-electron chi connectivity index (χ4n) is 2.01. The number of benzene rings is 1. The second kappa shape index (κ2) is 5.79. The molecule has 0 aliphatic heterocycles. The third kappa shape index (κ3) is 3.70. The van der Waals surface area contributed by atoms with Gasteiger partial charge in [-0.1, -0.05) is 23.5 Å². The highest BCUT2D eigenvalue weighted by Gasteiger charge is 2.18. The molecule has 0 spiro atoms. The quantitative estimate of drug-likeness (QED) is 0.884. The van der Waals surface area contributed by atoms with Crippen molar-refractivity contribution in [2.24, 2.45) is 0 Å². The van der Waals surface area contributed by atoms with Gasteiger partial charge in [-0.15, -0.1) is 0 Å². The summed E-state index contributed by atoms with van der Waals surface area (Å²) in [5.74, 6) is 0. The first-order valence-electron chi connectivity index (χ1n) is 6.71. The van der Waals surface area contributed by atoms with Crippen molar-refractivity contribution in [1.29, 1.82) is 0 Å². The van der Waals surface area contributed by atoms with E-state index >= 15 is 0 Å². The van der Waals surface area contributed by atoms with Crippen LogP contribution in [0.2, 0.25) is 0 Å². The lowest BCUT2D eigenvalue weighted by atomic mass is 10.2. The smallest absolute Gasteiger partial charge is 0.407 e. The van der Waals surface area contributed by atoms with Crippen LogP contribution in [-0.4, -0.2) is 18.2 Å². The topological polar surface area (TPSA) is 42.2 Å². The van der Waals surface area contributed by atoms with E-state index in [-0.39, 0.29) is 6.09 Å². The Kier molecular flexibility index (Phi) is 4.28.